The van der Waals surface area contributed by atoms with Gasteiger partial charge in [0, 0.05) is 18.0 Å². The summed E-state index contributed by atoms with van der Waals surface area (Å²) >= 11 is 1.76. The Labute approximate surface area is 111 Å². The van der Waals surface area contributed by atoms with E-state index in [0.29, 0.717) is 6.61 Å². The highest BCUT2D eigenvalue weighted by Crippen LogP contribution is 2.16. The molecule has 2 rings (SSSR count). The summed E-state index contributed by atoms with van der Waals surface area (Å²) in [6.07, 6.45) is 0. The van der Waals surface area contributed by atoms with Gasteiger partial charge in [0.2, 0.25) is 0 Å². The molecule has 3 nitrogen and oxygen atoms in total. The first-order valence-electron chi connectivity index (χ1n) is 5.88. The van der Waals surface area contributed by atoms with E-state index >= 15 is 0 Å². The van der Waals surface area contributed by atoms with Crippen LogP contribution in [0.5, 0.6) is 11.5 Å². The molecule has 4 heteroatoms. The minimum absolute atomic E-state index is 0.664. The molecule has 0 saturated carbocycles. The zero-order valence-electron chi connectivity index (χ0n) is 10.4. The van der Waals surface area contributed by atoms with Crippen molar-refractivity contribution in [3.8, 4) is 11.5 Å². The number of rotatable bonds is 7. The van der Waals surface area contributed by atoms with Crippen LogP contribution in [0.3, 0.4) is 0 Å². The monoisotopic (exact) mass is 263 g/mol. The molecule has 0 aliphatic carbocycles. The summed E-state index contributed by atoms with van der Waals surface area (Å²) in [5.74, 6) is 1.71. The smallest absolute Gasteiger partial charge is 0.119 e. The van der Waals surface area contributed by atoms with Gasteiger partial charge in [0.05, 0.1) is 7.11 Å². The molecule has 0 amide bonds. The number of hydrogen-bond donors (Lipinski definition) is 1. The van der Waals surface area contributed by atoms with Gasteiger partial charge in [0.15, 0.2) is 0 Å². The van der Waals surface area contributed by atoms with Gasteiger partial charge in [-0.25, -0.2) is 0 Å². The van der Waals surface area contributed by atoms with Crippen LogP contribution in [0, 0.1) is 0 Å². The van der Waals surface area contributed by atoms with Gasteiger partial charge in [-0.05, 0) is 35.7 Å². The van der Waals surface area contributed by atoms with E-state index in [2.05, 4.69) is 22.8 Å². The predicted octanol–water partition coefficient (Wildman–Crippen LogP) is 2.93. The molecule has 0 aliphatic rings. The molecule has 18 heavy (non-hydrogen) atoms. The lowest BCUT2D eigenvalue weighted by Gasteiger charge is -2.07. The number of hydrogen-bond acceptors (Lipinski definition) is 4. The van der Waals surface area contributed by atoms with E-state index in [1.807, 2.05) is 24.3 Å². The maximum atomic E-state index is 5.61. The van der Waals surface area contributed by atoms with E-state index in [1.165, 1.54) is 4.88 Å². The predicted molar refractivity (Wildman–Crippen MR) is 74.5 cm³/mol. The molecule has 0 spiro atoms. The first-order valence-corrected chi connectivity index (χ1v) is 6.76. The molecule has 0 bridgehead atoms. The SMILES string of the molecule is COc1ccc(OCCNCc2cccs2)cc1. The Hall–Kier alpha value is -1.52. The van der Waals surface area contributed by atoms with Crippen LogP contribution in [0.2, 0.25) is 0 Å². The average molecular weight is 263 g/mol. The first-order chi connectivity index (χ1) is 8.88. The van der Waals surface area contributed by atoms with Gasteiger partial charge in [-0.1, -0.05) is 6.07 Å². The van der Waals surface area contributed by atoms with E-state index in [0.717, 1.165) is 24.6 Å². The number of benzene rings is 1. The van der Waals surface area contributed by atoms with Crippen molar-refractivity contribution in [2.75, 3.05) is 20.3 Å². The van der Waals surface area contributed by atoms with Gasteiger partial charge < -0.3 is 14.8 Å². The summed E-state index contributed by atoms with van der Waals surface area (Å²) in [5.41, 5.74) is 0. The van der Waals surface area contributed by atoms with E-state index in [-0.39, 0.29) is 0 Å². The molecular formula is C14H17NO2S. The Balaban J connectivity index is 1.62. The fourth-order valence-corrected chi connectivity index (χ4v) is 2.21. The molecule has 0 atom stereocenters. The summed E-state index contributed by atoms with van der Waals surface area (Å²) in [5, 5.41) is 5.43. The van der Waals surface area contributed by atoms with Crippen LogP contribution in [-0.4, -0.2) is 20.3 Å². The van der Waals surface area contributed by atoms with E-state index in [1.54, 1.807) is 18.4 Å². The molecule has 0 fully saturated rings. The zero-order chi connectivity index (χ0) is 12.6. The highest BCUT2D eigenvalue weighted by molar-refractivity contribution is 7.09. The molecule has 1 aromatic carbocycles. The highest BCUT2D eigenvalue weighted by Gasteiger charge is 1.96. The number of ether oxygens (including phenoxy) is 2. The van der Waals surface area contributed by atoms with Crippen LogP contribution in [0.4, 0.5) is 0 Å². The molecule has 0 unspecified atom stereocenters. The maximum Gasteiger partial charge on any atom is 0.119 e. The lowest BCUT2D eigenvalue weighted by molar-refractivity contribution is 0.313. The van der Waals surface area contributed by atoms with Gasteiger partial charge >= 0.3 is 0 Å². The van der Waals surface area contributed by atoms with Crippen LogP contribution in [0.1, 0.15) is 4.88 Å². The highest BCUT2D eigenvalue weighted by atomic mass is 32.1. The summed E-state index contributed by atoms with van der Waals surface area (Å²) in [6, 6.07) is 11.8. The molecule has 96 valence electrons. The molecule has 0 aliphatic heterocycles. The van der Waals surface area contributed by atoms with Crippen LogP contribution in [0.15, 0.2) is 41.8 Å². The van der Waals surface area contributed by atoms with Crippen LogP contribution in [0.25, 0.3) is 0 Å². The van der Waals surface area contributed by atoms with Crippen molar-refractivity contribution in [3.63, 3.8) is 0 Å². The van der Waals surface area contributed by atoms with Gasteiger partial charge in [-0.3, -0.25) is 0 Å². The average Bonchev–Trinajstić information content (AvgIpc) is 2.92. The Morgan fingerprint density at radius 2 is 1.89 bits per heavy atom. The lowest BCUT2D eigenvalue weighted by Crippen LogP contribution is -2.20. The van der Waals surface area contributed by atoms with Gasteiger partial charge in [0.1, 0.15) is 18.1 Å². The second-order valence-electron chi connectivity index (χ2n) is 3.78. The Kier molecular flexibility index (Phi) is 5.05. The normalized spacial score (nSPS) is 10.3. The van der Waals surface area contributed by atoms with Crippen LogP contribution >= 0.6 is 11.3 Å². The van der Waals surface area contributed by atoms with Crippen molar-refractivity contribution < 1.29 is 9.47 Å². The Morgan fingerprint density at radius 3 is 2.56 bits per heavy atom. The van der Waals surface area contributed by atoms with Crippen LogP contribution < -0.4 is 14.8 Å². The quantitative estimate of drug-likeness (QED) is 0.779. The maximum absolute atomic E-state index is 5.61. The van der Waals surface area contributed by atoms with Crippen molar-refractivity contribution in [3.05, 3.63) is 46.7 Å². The molecular weight excluding hydrogens is 246 g/mol. The minimum Gasteiger partial charge on any atom is -0.497 e. The minimum atomic E-state index is 0.664. The lowest BCUT2D eigenvalue weighted by atomic mass is 10.3. The molecule has 2 aromatic rings. The second-order valence-corrected chi connectivity index (χ2v) is 4.81. The fourth-order valence-electron chi connectivity index (χ4n) is 1.54. The van der Waals surface area contributed by atoms with E-state index in [4.69, 9.17) is 9.47 Å². The number of thiophene rings is 1. The first kappa shape index (κ1) is 12.9. The molecule has 1 aromatic heterocycles. The van der Waals surface area contributed by atoms with E-state index in [9.17, 15) is 0 Å². The number of nitrogens with one attached hydrogen (secondary N) is 1. The largest absolute Gasteiger partial charge is 0.497 e. The van der Waals surface area contributed by atoms with Crippen molar-refractivity contribution in [2.45, 2.75) is 6.54 Å². The van der Waals surface area contributed by atoms with Crippen molar-refractivity contribution in [1.82, 2.24) is 5.32 Å². The molecule has 0 saturated heterocycles. The van der Waals surface area contributed by atoms with Crippen molar-refractivity contribution >= 4 is 11.3 Å². The number of methoxy groups -OCH3 is 1. The standard InChI is InChI=1S/C14H17NO2S/c1-16-12-4-6-13(7-5-12)17-9-8-15-11-14-3-2-10-18-14/h2-7,10,15H,8-9,11H2,1H3. The summed E-state index contributed by atoms with van der Waals surface area (Å²) < 4.78 is 10.7. The molecule has 1 heterocycles. The Morgan fingerprint density at radius 1 is 1.11 bits per heavy atom. The summed E-state index contributed by atoms with van der Waals surface area (Å²) in [4.78, 5) is 1.35. The third-order valence-corrected chi connectivity index (χ3v) is 3.36. The van der Waals surface area contributed by atoms with Gasteiger partial charge in [-0.15, -0.1) is 11.3 Å². The van der Waals surface area contributed by atoms with Crippen molar-refractivity contribution in [1.29, 1.82) is 0 Å². The van der Waals surface area contributed by atoms with Crippen LogP contribution in [-0.2, 0) is 6.54 Å². The third kappa shape index (κ3) is 4.05. The third-order valence-electron chi connectivity index (χ3n) is 2.49. The Bertz CT molecular complexity index is 439. The zero-order valence-corrected chi connectivity index (χ0v) is 11.2. The molecule has 1 N–H and O–H groups in total. The van der Waals surface area contributed by atoms with Crippen molar-refractivity contribution in [2.24, 2.45) is 0 Å². The van der Waals surface area contributed by atoms with Gasteiger partial charge in [-0.2, -0.15) is 0 Å². The topological polar surface area (TPSA) is 30.5 Å². The van der Waals surface area contributed by atoms with E-state index < -0.39 is 0 Å². The summed E-state index contributed by atoms with van der Waals surface area (Å²) in [7, 11) is 1.66. The summed E-state index contributed by atoms with van der Waals surface area (Å²) in [6.45, 7) is 2.41. The molecule has 0 radical (unpaired) electrons. The van der Waals surface area contributed by atoms with Gasteiger partial charge in [0.25, 0.3) is 0 Å². The fraction of sp³-hybridized carbons (Fsp3) is 0.286. The second kappa shape index (κ2) is 7.03.